The molecule has 262 valence electrons. The molecule has 1 unspecified atom stereocenters. The molecule has 46 heavy (non-hydrogen) atoms. The van der Waals surface area contributed by atoms with E-state index in [1.807, 2.05) is 58.1 Å². The lowest BCUT2D eigenvalue weighted by atomic mass is 10.1. The fraction of sp³-hybridized carbons (Fsp3) is 0.667. The summed E-state index contributed by atoms with van der Waals surface area (Å²) >= 11 is 0. The van der Waals surface area contributed by atoms with Gasteiger partial charge in [-0.2, -0.15) is 5.10 Å². The van der Waals surface area contributed by atoms with E-state index in [0.29, 0.717) is 85.4 Å². The smallest absolute Gasteiger partial charge is 0.277 e. The van der Waals surface area contributed by atoms with Crippen molar-refractivity contribution in [3.8, 4) is 0 Å². The molecular weight excluding hydrogens is 608 g/mol. The van der Waals surface area contributed by atoms with Crippen LogP contribution in [-0.2, 0) is 38.7 Å². The van der Waals surface area contributed by atoms with Gasteiger partial charge in [-0.15, -0.1) is 0 Å². The quantitative estimate of drug-likeness (QED) is 0.212. The Morgan fingerprint density at radius 3 is 2.41 bits per heavy atom. The predicted molar refractivity (Wildman–Crippen MR) is 188 cm³/mol. The fourth-order valence-electron chi connectivity index (χ4n) is 4.50. The summed E-state index contributed by atoms with van der Waals surface area (Å²) in [4.78, 5) is 23.7. The van der Waals surface area contributed by atoms with E-state index in [0.717, 1.165) is 25.1 Å². The molecule has 0 saturated heterocycles. The van der Waals surface area contributed by atoms with Crippen molar-refractivity contribution < 1.29 is 23.5 Å². The van der Waals surface area contributed by atoms with Crippen molar-refractivity contribution in [3.63, 3.8) is 0 Å². The van der Waals surface area contributed by atoms with E-state index in [9.17, 15) is 9.00 Å². The molecule has 0 aliphatic heterocycles. The van der Waals surface area contributed by atoms with E-state index < -0.39 is 11.0 Å². The summed E-state index contributed by atoms with van der Waals surface area (Å²) in [5.74, 6) is 0.933. The van der Waals surface area contributed by atoms with Gasteiger partial charge in [0.2, 0.25) is 0 Å². The van der Waals surface area contributed by atoms with Gasteiger partial charge in [0.05, 0.1) is 49.2 Å². The summed E-state index contributed by atoms with van der Waals surface area (Å²) in [6, 6.07) is 0. The SMILES string of the molecule is CC.CC.CCCOC1=CCC=C(S(=O)N(CCOCCO)CCN(C)CCOC)C=C1c1nc2c(CCC)nn(C)c2c(=O)[nH]1. The summed E-state index contributed by atoms with van der Waals surface area (Å²) in [7, 11) is 3.87. The molecule has 0 saturated carbocycles. The van der Waals surface area contributed by atoms with Crippen molar-refractivity contribution in [2.24, 2.45) is 7.05 Å². The minimum atomic E-state index is -1.54. The number of aromatic amines is 1. The van der Waals surface area contributed by atoms with Gasteiger partial charge in [-0.05, 0) is 38.5 Å². The lowest BCUT2D eigenvalue weighted by Gasteiger charge is -2.25. The van der Waals surface area contributed by atoms with Crippen molar-refractivity contribution in [1.82, 2.24) is 29.0 Å². The molecule has 0 amide bonds. The van der Waals surface area contributed by atoms with Crippen LogP contribution in [0.5, 0.6) is 0 Å². The average molecular weight is 667 g/mol. The molecule has 2 heterocycles. The summed E-state index contributed by atoms with van der Waals surface area (Å²) in [6.07, 6.45) is 8.53. The lowest BCUT2D eigenvalue weighted by Crippen LogP contribution is -2.38. The largest absolute Gasteiger partial charge is 0.493 e. The maximum Gasteiger partial charge on any atom is 0.277 e. The number of nitrogens with one attached hydrogen (secondary N) is 1. The first-order valence-corrected chi connectivity index (χ1v) is 17.7. The maximum absolute atomic E-state index is 14.1. The van der Waals surface area contributed by atoms with E-state index >= 15 is 0 Å². The molecule has 2 N–H and O–H groups in total. The van der Waals surface area contributed by atoms with Crippen molar-refractivity contribution in [3.05, 3.63) is 50.8 Å². The number of aryl methyl sites for hydroxylation is 2. The number of aromatic nitrogens is 4. The van der Waals surface area contributed by atoms with Crippen LogP contribution >= 0.6 is 0 Å². The van der Waals surface area contributed by atoms with Crippen molar-refractivity contribution in [1.29, 1.82) is 0 Å². The summed E-state index contributed by atoms with van der Waals surface area (Å²) in [5.41, 5.74) is 2.02. The van der Waals surface area contributed by atoms with Gasteiger partial charge in [0.15, 0.2) is 5.52 Å². The Balaban J connectivity index is 0.00000254. The van der Waals surface area contributed by atoms with Gasteiger partial charge < -0.3 is 29.2 Å². The second-order valence-electron chi connectivity index (χ2n) is 10.1. The number of fused-ring (bicyclic) bond motifs is 1. The Morgan fingerprint density at radius 2 is 1.76 bits per heavy atom. The molecular formula is C33H58N6O6S. The molecule has 3 rings (SSSR count). The lowest BCUT2D eigenvalue weighted by molar-refractivity contribution is 0.0848. The Hall–Kier alpha value is -2.68. The molecule has 1 atom stereocenters. The third kappa shape index (κ3) is 12.5. The topological polar surface area (TPSA) is 135 Å². The van der Waals surface area contributed by atoms with Gasteiger partial charge in [-0.25, -0.2) is 13.5 Å². The van der Waals surface area contributed by atoms with E-state index in [1.165, 1.54) is 0 Å². The number of likely N-dealkylation sites (N-methyl/N-ethyl adjacent to an activating group) is 1. The first-order chi connectivity index (χ1) is 22.3. The van der Waals surface area contributed by atoms with Crippen LogP contribution in [0, 0.1) is 0 Å². The third-order valence-electron chi connectivity index (χ3n) is 6.71. The van der Waals surface area contributed by atoms with Gasteiger partial charge in [0.25, 0.3) is 5.56 Å². The first kappa shape index (κ1) is 41.3. The number of aliphatic hydroxyl groups is 1. The maximum atomic E-state index is 14.1. The number of allylic oxidation sites excluding steroid dienone is 4. The molecule has 2 aromatic rings. The standard InChI is InChI=1S/C29H46N6O6S.2C2H6/c1-6-9-24-26-27(34(4)32-24)29(37)31-28(30-26)23-21-22(10-8-11-25(23)41-17-7-2)42(38)35(15-19-40-20-16-36)13-12-33(3)14-18-39-5;2*1-2/h10-11,21,36H,6-9,12-20H2,1-5H3,(H,30,31,37);2*1-2H3. The number of hydrogen-bond donors (Lipinski definition) is 2. The Morgan fingerprint density at radius 1 is 1.02 bits per heavy atom. The van der Waals surface area contributed by atoms with Crippen LogP contribution in [0.25, 0.3) is 16.6 Å². The molecule has 13 heteroatoms. The number of methoxy groups -OCH3 is 1. The second kappa shape index (κ2) is 23.6. The zero-order valence-electron chi connectivity index (χ0n) is 29.6. The number of rotatable bonds is 19. The monoisotopic (exact) mass is 666 g/mol. The zero-order chi connectivity index (χ0) is 34.5. The van der Waals surface area contributed by atoms with Crippen LogP contribution in [0.1, 0.15) is 72.3 Å². The molecule has 1 aliphatic carbocycles. The number of aliphatic hydroxyl groups excluding tert-OH is 1. The normalized spacial score (nSPS) is 13.7. The minimum Gasteiger partial charge on any atom is -0.493 e. The average Bonchev–Trinajstić information content (AvgIpc) is 3.24. The minimum absolute atomic E-state index is 0.0707. The number of hydrogen-bond acceptors (Lipinski definition) is 9. The van der Waals surface area contributed by atoms with Crippen LogP contribution in [0.4, 0.5) is 0 Å². The number of ether oxygens (including phenoxy) is 3. The first-order valence-electron chi connectivity index (χ1n) is 16.6. The second-order valence-corrected chi connectivity index (χ2v) is 11.5. The van der Waals surface area contributed by atoms with Crippen molar-refractivity contribution in [2.75, 3.05) is 73.4 Å². The molecule has 12 nitrogen and oxygen atoms in total. The summed E-state index contributed by atoms with van der Waals surface area (Å²) in [6.45, 7) is 16.0. The number of H-pyrrole nitrogens is 1. The highest BCUT2D eigenvalue weighted by Gasteiger charge is 2.24. The van der Waals surface area contributed by atoms with Crippen LogP contribution in [0.3, 0.4) is 0 Å². The molecule has 2 aromatic heterocycles. The summed E-state index contributed by atoms with van der Waals surface area (Å²) < 4.78 is 34.3. The molecule has 0 bridgehead atoms. The summed E-state index contributed by atoms with van der Waals surface area (Å²) in [5, 5.41) is 13.6. The molecule has 0 radical (unpaired) electrons. The molecule has 0 aromatic carbocycles. The van der Waals surface area contributed by atoms with Crippen molar-refractivity contribution >= 4 is 27.6 Å². The Bertz CT molecular complexity index is 1340. The van der Waals surface area contributed by atoms with Crippen LogP contribution in [0.15, 0.2) is 33.7 Å². The van der Waals surface area contributed by atoms with E-state index in [-0.39, 0.29) is 18.8 Å². The van der Waals surface area contributed by atoms with Gasteiger partial charge in [-0.3, -0.25) is 9.48 Å². The highest BCUT2D eigenvalue weighted by molar-refractivity contribution is 7.86. The predicted octanol–water partition coefficient (Wildman–Crippen LogP) is 4.20. The third-order valence-corrected chi connectivity index (χ3v) is 8.23. The van der Waals surface area contributed by atoms with E-state index in [4.69, 9.17) is 24.3 Å². The van der Waals surface area contributed by atoms with Crippen LogP contribution in [-0.4, -0.2) is 112 Å². The highest BCUT2D eigenvalue weighted by Crippen LogP contribution is 2.29. The fourth-order valence-corrected chi connectivity index (χ4v) is 5.74. The van der Waals surface area contributed by atoms with E-state index in [1.54, 1.807) is 24.9 Å². The van der Waals surface area contributed by atoms with E-state index in [2.05, 4.69) is 21.9 Å². The van der Waals surface area contributed by atoms with Crippen LogP contribution < -0.4 is 5.56 Å². The van der Waals surface area contributed by atoms with Crippen LogP contribution in [0.2, 0.25) is 0 Å². The highest BCUT2D eigenvalue weighted by atomic mass is 32.2. The Labute approximate surface area is 278 Å². The Kier molecular flexibility index (Phi) is 21.2. The van der Waals surface area contributed by atoms with Gasteiger partial charge in [0, 0.05) is 40.3 Å². The zero-order valence-corrected chi connectivity index (χ0v) is 30.4. The van der Waals surface area contributed by atoms with Gasteiger partial charge in [-0.1, -0.05) is 54.0 Å². The number of nitrogens with zero attached hydrogens (tertiary/aromatic N) is 5. The van der Waals surface area contributed by atoms with Crippen molar-refractivity contribution in [2.45, 2.75) is 67.2 Å². The van der Waals surface area contributed by atoms with Gasteiger partial charge in [0.1, 0.15) is 28.1 Å². The molecule has 1 aliphatic rings. The molecule has 0 spiro atoms. The molecule has 0 fully saturated rings. The van der Waals surface area contributed by atoms with Gasteiger partial charge >= 0.3 is 0 Å².